The van der Waals surface area contributed by atoms with Gasteiger partial charge in [-0.25, -0.2) is 14.8 Å². The van der Waals surface area contributed by atoms with E-state index in [4.69, 9.17) is 45.3 Å². The molecule has 162 valence electrons. The molecule has 0 spiro atoms. The molecule has 2 N–H and O–H groups in total. The van der Waals surface area contributed by atoms with Gasteiger partial charge in [0.1, 0.15) is 26.2 Å². The van der Waals surface area contributed by atoms with Crippen molar-refractivity contribution < 1.29 is 9.53 Å². The van der Waals surface area contributed by atoms with Crippen molar-refractivity contribution in [1.82, 2.24) is 15.0 Å². The molecule has 0 radical (unpaired) electrons. The molecule has 0 saturated heterocycles. The summed E-state index contributed by atoms with van der Waals surface area (Å²) in [4.78, 5) is 26.9. The van der Waals surface area contributed by atoms with Gasteiger partial charge in [-0.2, -0.15) is 0 Å². The van der Waals surface area contributed by atoms with E-state index >= 15 is 0 Å². The van der Waals surface area contributed by atoms with Crippen LogP contribution in [0.3, 0.4) is 0 Å². The Morgan fingerprint density at radius 3 is 2.39 bits per heavy atom. The summed E-state index contributed by atoms with van der Waals surface area (Å²) < 4.78 is 4.81. The Labute approximate surface area is 202 Å². The molecule has 0 unspecified atom stereocenters. The van der Waals surface area contributed by atoms with Crippen LogP contribution < -0.4 is 5.73 Å². The lowest BCUT2D eigenvalue weighted by Crippen LogP contribution is -2.06. The van der Waals surface area contributed by atoms with Crippen LogP contribution in [0, 0.1) is 13.8 Å². The Hall–Kier alpha value is -1.97. The third kappa shape index (κ3) is 5.10. The molecule has 4 rings (SSSR count). The van der Waals surface area contributed by atoms with Crippen molar-refractivity contribution >= 4 is 78.7 Å². The molecular formula is C20H17Cl3N4O2S2. The second kappa shape index (κ2) is 10.1. The van der Waals surface area contributed by atoms with Crippen molar-refractivity contribution in [3.8, 4) is 11.5 Å². The first-order chi connectivity index (χ1) is 14.7. The first-order valence-corrected chi connectivity index (χ1v) is 11.8. The van der Waals surface area contributed by atoms with Crippen LogP contribution in [0.5, 0.6) is 0 Å². The van der Waals surface area contributed by atoms with E-state index in [1.807, 2.05) is 32.0 Å². The minimum Gasteiger partial charge on any atom is -0.462 e. The quantitative estimate of drug-likeness (QED) is 0.237. The van der Waals surface area contributed by atoms with Gasteiger partial charge in [0.15, 0.2) is 5.82 Å². The van der Waals surface area contributed by atoms with Crippen molar-refractivity contribution in [3.05, 3.63) is 54.9 Å². The number of anilines is 1. The van der Waals surface area contributed by atoms with E-state index in [0.29, 0.717) is 43.9 Å². The summed E-state index contributed by atoms with van der Waals surface area (Å²) in [5.41, 5.74) is 6.60. The highest BCUT2D eigenvalue weighted by Crippen LogP contribution is 2.38. The van der Waals surface area contributed by atoms with E-state index in [9.17, 15) is 4.79 Å². The molecule has 4 heterocycles. The first-order valence-electron chi connectivity index (χ1n) is 8.99. The number of hydrogen-bond donors (Lipinski definition) is 1. The molecule has 0 amide bonds. The third-order valence-electron chi connectivity index (χ3n) is 4.02. The van der Waals surface area contributed by atoms with Gasteiger partial charge < -0.3 is 10.5 Å². The van der Waals surface area contributed by atoms with Gasteiger partial charge in [-0.1, -0.05) is 40.9 Å². The average Bonchev–Trinajstić information content (AvgIpc) is 3.17. The standard InChI is InChI=1S/C12H7Cl2N3S.C8H10ClNO2S/c1-6-9(13)8-10(14)16-11(17-12(8)18-6)7-4-2-3-5-15-7;1-3-12-8(11)5-6(9)4(2)13-7(5)10/h2-5H,1H3;3,10H2,1-2H3. The molecule has 0 bridgehead atoms. The Balaban J connectivity index is 0.000000187. The van der Waals surface area contributed by atoms with Gasteiger partial charge >= 0.3 is 5.97 Å². The van der Waals surface area contributed by atoms with Gasteiger partial charge in [0, 0.05) is 16.0 Å². The lowest BCUT2D eigenvalue weighted by atomic mass is 10.3. The van der Waals surface area contributed by atoms with Gasteiger partial charge in [0.2, 0.25) is 0 Å². The van der Waals surface area contributed by atoms with E-state index < -0.39 is 5.97 Å². The fourth-order valence-electron chi connectivity index (χ4n) is 2.59. The summed E-state index contributed by atoms with van der Waals surface area (Å²) >= 11 is 21.0. The van der Waals surface area contributed by atoms with Gasteiger partial charge in [-0.15, -0.1) is 22.7 Å². The molecule has 6 nitrogen and oxygen atoms in total. The van der Waals surface area contributed by atoms with Crippen molar-refractivity contribution in [2.45, 2.75) is 20.8 Å². The Morgan fingerprint density at radius 2 is 1.81 bits per heavy atom. The van der Waals surface area contributed by atoms with Crippen LogP contribution >= 0.6 is 57.5 Å². The van der Waals surface area contributed by atoms with E-state index in [1.54, 1.807) is 13.1 Å². The van der Waals surface area contributed by atoms with Crippen LogP contribution in [-0.2, 0) is 4.74 Å². The van der Waals surface area contributed by atoms with E-state index in [2.05, 4.69) is 15.0 Å². The van der Waals surface area contributed by atoms with Crippen molar-refractivity contribution in [1.29, 1.82) is 0 Å². The average molecular weight is 516 g/mol. The summed E-state index contributed by atoms with van der Waals surface area (Å²) in [7, 11) is 0. The fraction of sp³-hybridized carbons (Fsp3) is 0.200. The highest BCUT2D eigenvalue weighted by atomic mass is 35.5. The number of aryl methyl sites for hydroxylation is 2. The molecule has 0 atom stereocenters. The SMILES string of the molecule is CCOC(=O)c1c(N)sc(C)c1Cl.Cc1sc2nc(-c3ccccn3)nc(Cl)c2c1Cl. The van der Waals surface area contributed by atoms with Gasteiger partial charge in [-0.05, 0) is 32.9 Å². The summed E-state index contributed by atoms with van der Waals surface area (Å²) in [6.45, 7) is 5.81. The number of nitrogen functional groups attached to an aromatic ring is 1. The number of esters is 1. The minimum atomic E-state index is -0.450. The maximum Gasteiger partial charge on any atom is 0.342 e. The highest BCUT2D eigenvalue weighted by Gasteiger charge is 2.20. The van der Waals surface area contributed by atoms with Crippen molar-refractivity contribution in [2.75, 3.05) is 12.3 Å². The number of hydrogen-bond acceptors (Lipinski definition) is 8. The molecular weight excluding hydrogens is 499 g/mol. The molecule has 11 heteroatoms. The van der Waals surface area contributed by atoms with E-state index in [-0.39, 0.29) is 0 Å². The van der Waals surface area contributed by atoms with Crippen LogP contribution in [-0.4, -0.2) is 27.5 Å². The van der Waals surface area contributed by atoms with Crippen LogP contribution in [0.2, 0.25) is 15.2 Å². The van der Waals surface area contributed by atoms with Gasteiger partial charge in [0.05, 0.1) is 22.0 Å². The fourth-order valence-corrected chi connectivity index (χ4v) is 5.38. The number of ether oxygens (including phenoxy) is 1. The first kappa shape index (κ1) is 23.7. The molecule has 0 fully saturated rings. The number of nitrogens with zero attached hydrogens (tertiary/aromatic N) is 3. The largest absolute Gasteiger partial charge is 0.462 e. The Bertz CT molecular complexity index is 1240. The molecule has 0 aliphatic rings. The molecule has 0 aliphatic carbocycles. The molecule has 0 aliphatic heterocycles. The van der Waals surface area contributed by atoms with Gasteiger partial charge in [0.25, 0.3) is 0 Å². The minimum absolute atomic E-state index is 0.297. The number of fused-ring (bicyclic) bond motifs is 1. The smallest absolute Gasteiger partial charge is 0.342 e. The summed E-state index contributed by atoms with van der Waals surface area (Å²) in [5.74, 6) is 0.0698. The number of halogens is 3. The molecule has 4 aromatic heterocycles. The molecule has 31 heavy (non-hydrogen) atoms. The highest BCUT2D eigenvalue weighted by molar-refractivity contribution is 7.19. The third-order valence-corrected chi connectivity index (χ3v) is 7.40. The molecule has 4 aromatic rings. The number of nitrogens with two attached hydrogens (primary N) is 1. The second-order valence-electron chi connectivity index (χ2n) is 6.14. The summed E-state index contributed by atoms with van der Waals surface area (Å²) in [6.07, 6.45) is 1.70. The Kier molecular flexibility index (Phi) is 7.72. The number of carbonyl (C=O) groups is 1. The van der Waals surface area contributed by atoms with E-state index in [0.717, 1.165) is 20.0 Å². The Morgan fingerprint density at radius 1 is 1.10 bits per heavy atom. The normalized spacial score (nSPS) is 10.6. The number of aromatic nitrogens is 3. The van der Waals surface area contributed by atoms with Crippen molar-refractivity contribution in [2.24, 2.45) is 0 Å². The number of thiophene rings is 2. The lowest BCUT2D eigenvalue weighted by Gasteiger charge is -2.00. The number of pyridine rings is 1. The summed E-state index contributed by atoms with van der Waals surface area (Å²) in [6, 6.07) is 5.58. The lowest BCUT2D eigenvalue weighted by molar-refractivity contribution is 0.0528. The number of rotatable bonds is 3. The number of carbonyl (C=O) groups excluding carboxylic acids is 1. The second-order valence-corrected chi connectivity index (χ2v) is 9.71. The van der Waals surface area contributed by atoms with Crippen LogP contribution in [0.25, 0.3) is 21.7 Å². The van der Waals surface area contributed by atoms with Crippen molar-refractivity contribution in [3.63, 3.8) is 0 Å². The van der Waals surface area contributed by atoms with Crippen LogP contribution in [0.1, 0.15) is 27.0 Å². The monoisotopic (exact) mass is 514 g/mol. The summed E-state index contributed by atoms with van der Waals surface area (Å²) in [5, 5.41) is 2.55. The van der Waals surface area contributed by atoms with Crippen LogP contribution in [0.4, 0.5) is 5.00 Å². The topological polar surface area (TPSA) is 91.0 Å². The zero-order valence-corrected chi connectivity index (χ0v) is 20.6. The molecule has 0 aromatic carbocycles. The predicted molar refractivity (Wildman–Crippen MR) is 130 cm³/mol. The maximum atomic E-state index is 11.3. The maximum absolute atomic E-state index is 11.3. The zero-order valence-electron chi connectivity index (χ0n) is 16.7. The van der Waals surface area contributed by atoms with Crippen LogP contribution in [0.15, 0.2) is 24.4 Å². The predicted octanol–water partition coefficient (Wildman–Crippen LogP) is 6.84. The zero-order chi connectivity index (χ0) is 22.7. The molecule has 0 saturated carbocycles. The van der Waals surface area contributed by atoms with E-state index in [1.165, 1.54) is 22.7 Å². The van der Waals surface area contributed by atoms with Gasteiger partial charge in [-0.3, -0.25) is 4.98 Å².